The third kappa shape index (κ3) is 3.21. The summed E-state index contributed by atoms with van der Waals surface area (Å²) < 4.78 is 34.0. The number of esters is 1. The molecule has 88 valence electrons. The molecule has 0 saturated carbocycles. The van der Waals surface area contributed by atoms with E-state index in [0.717, 1.165) is 19.2 Å². The second kappa shape index (κ2) is 4.84. The number of ether oxygens (including phenoxy) is 2. The molecule has 1 rings (SSSR count). The van der Waals surface area contributed by atoms with E-state index in [9.17, 15) is 13.6 Å². The molecule has 0 unspecified atom stereocenters. The number of halogens is 4. The van der Waals surface area contributed by atoms with Crippen LogP contribution < -0.4 is 4.74 Å². The van der Waals surface area contributed by atoms with E-state index in [2.05, 4.69) is 9.47 Å². The highest BCUT2D eigenvalue weighted by Gasteiger charge is 2.43. The van der Waals surface area contributed by atoms with Crippen molar-refractivity contribution in [3.8, 4) is 5.75 Å². The van der Waals surface area contributed by atoms with E-state index < -0.39 is 12.1 Å². The highest BCUT2D eigenvalue weighted by molar-refractivity contribution is 6.34. The van der Waals surface area contributed by atoms with Crippen molar-refractivity contribution < 1.29 is 23.0 Å². The van der Waals surface area contributed by atoms with E-state index in [1.54, 1.807) is 0 Å². The van der Waals surface area contributed by atoms with Crippen molar-refractivity contribution in [1.82, 2.24) is 0 Å². The van der Waals surface area contributed by atoms with Crippen molar-refractivity contribution in [2.24, 2.45) is 0 Å². The second-order valence-electron chi connectivity index (χ2n) is 2.72. The number of methoxy groups -OCH3 is 1. The van der Waals surface area contributed by atoms with Gasteiger partial charge >= 0.3 is 12.1 Å². The molecule has 0 atom stereocenters. The molecule has 16 heavy (non-hydrogen) atoms. The van der Waals surface area contributed by atoms with Crippen molar-refractivity contribution in [1.29, 1.82) is 0 Å². The number of alkyl halides is 2. The van der Waals surface area contributed by atoms with E-state index >= 15 is 0 Å². The molecule has 0 aliphatic rings. The zero-order valence-corrected chi connectivity index (χ0v) is 9.48. The van der Waals surface area contributed by atoms with E-state index in [0.29, 0.717) is 0 Å². The van der Waals surface area contributed by atoms with Gasteiger partial charge in [0, 0.05) is 10.0 Å². The Hall–Kier alpha value is -1.07. The molecule has 0 bridgehead atoms. The Morgan fingerprint density at radius 2 is 1.75 bits per heavy atom. The molecule has 0 amide bonds. The molecule has 0 N–H and O–H groups in total. The summed E-state index contributed by atoms with van der Waals surface area (Å²) >= 11 is 11.1. The molecular weight excluding hydrogens is 265 g/mol. The first-order valence-electron chi connectivity index (χ1n) is 3.96. The van der Waals surface area contributed by atoms with Crippen molar-refractivity contribution in [3.05, 3.63) is 28.2 Å². The van der Waals surface area contributed by atoms with Crippen LogP contribution in [0.25, 0.3) is 0 Å². The minimum atomic E-state index is -4.08. The third-order valence-corrected chi connectivity index (χ3v) is 1.94. The van der Waals surface area contributed by atoms with Crippen LogP contribution in [0.2, 0.25) is 10.0 Å². The maximum atomic E-state index is 13.0. The fraction of sp³-hybridized carbons (Fsp3) is 0.222. The van der Waals surface area contributed by atoms with Gasteiger partial charge < -0.3 is 9.47 Å². The molecule has 0 heterocycles. The molecule has 0 aromatic heterocycles. The van der Waals surface area contributed by atoms with Crippen LogP contribution in [0, 0.1) is 0 Å². The Labute approximate surface area is 99.9 Å². The largest absolute Gasteiger partial charge is 0.502 e. The lowest BCUT2D eigenvalue weighted by Gasteiger charge is -2.15. The van der Waals surface area contributed by atoms with Crippen LogP contribution in [0.4, 0.5) is 8.78 Å². The van der Waals surface area contributed by atoms with Gasteiger partial charge in [-0.3, -0.25) is 0 Å². The zero-order valence-electron chi connectivity index (χ0n) is 7.97. The summed E-state index contributed by atoms with van der Waals surface area (Å²) in [6.07, 6.45) is -4.08. The fourth-order valence-corrected chi connectivity index (χ4v) is 1.40. The van der Waals surface area contributed by atoms with E-state index in [1.165, 1.54) is 6.07 Å². The van der Waals surface area contributed by atoms with Crippen molar-refractivity contribution in [2.45, 2.75) is 6.11 Å². The summed E-state index contributed by atoms with van der Waals surface area (Å²) in [7, 11) is 0.824. The maximum Gasteiger partial charge on any atom is 0.502 e. The van der Waals surface area contributed by atoms with E-state index in [4.69, 9.17) is 23.2 Å². The normalized spacial score (nSPS) is 11.1. The molecule has 1 aromatic carbocycles. The summed E-state index contributed by atoms with van der Waals surface area (Å²) in [5, 5.41) is 0.228. The van der Waals surface area contributed by atoms with Gasteiger partial charge in [-0.05, 0) is 18.2 Å². The summed E-state index contributed by atoms with van der Waals surface area (Å²) in [5.41, 5.74) is 0. The monoisotopic (exact) mass is 270 g/mol. The number of hydrogen-bond donors (Lipinski definition) is 0. The fourth-order valence-electron chi connectivity index (χ4n) is 0.896. The number of rotatable bonds is 3. The number of carbonyl (C=O) groups is 1. The lowest BCUT2D eigenvalue weighted by Crippen LogP contribution is -2.36. The highest BCUT2D eigenvalue weighted by atomic mass is 35.5. The molecule has 0 aliphatic carbocycles. The van der Waals surface area contributed by atoms with Gasteiger partial charge in [0.15, 0.2) is 0 Å². The van der Waals surface area contributed by atoms with Gasteiger partial charge in [0.05, 0.1) is 7.11 Å². The van der Waals surface area contributed by atoms with Gasteiger partial charge in [-0.15, -0.1) is 0 Å². The van der Waals surface area contributed by atoms with Crippen LogP contribution in [-0.4, -0.2) is 19.2 Å². The van der Waals surface area contributed by atoms with Crippen molar-refractivity contribution >= 4 is 29.2 Å². The SMILES string of the molecule is COC(=O)C(F)(F)Oc1cc(Cl)cc(Cl)c1. The molecule has 7 heteroatoms. The van der Waals surface area contributed by atoms with Crippen molar-refractivity contribution in [2.75, 3.05) is 7.11 Å². The lowest BCUT2D eigenvalue weighted by molar-refractivity contribution is -0.214. The zero-order chi connectivity index (χ0) is 12.3. The average Bonchev–Trinajstić information content (AvgIpc) is 2.13. The van der Waals surface area contributed by atoms with Gasteiger partial charge in [-0.25, -0.2) is 4.79 Å². The van der Waals surface area contributed by atoms with Crippen LogP contribution in [0.5, 0.6) is 5.75 Å². The first kappa shape index (κ1) is 13.0. The Balaban J connectivity index is 2.91. The van der Waals surface area contributed by atoms with Crippen LogP contribution in [0.15, 0.2) is 18.2 Å². The Bertz CT molecular complexity index is 389. The van der Waals surface area contributed by atoms with Crippen molar-refractivity contribution in [3.63, 3.8) is 0 Å². The highest BCUT2D eigenvalue weighted by Crippen LogP contribution is 2.28. The first-order valence-corrected chi connectivity index (χ1v) is 4.72. The number of carbonyl (C=O) groups excluding carboxylic acids is 1. The molecule has 0 spiro atoms. The van der Waals surface area contributed by atoms with Gasteiger partial charge in [0.25, 0.3) is 0 Å². The lowest BCUT2D eigenvalue weighted by atomic mass is 10.3. The molecule has 3 nitrogen and oxygen atoms in total. The van der Waals surface area contributed by atoms with Gasteiger partial charge in [0.2, 0.25) is 0 Å². The predicted molar refractivity (Wildman–Crippen MR) is 54.1 cm³/mol. The topological polar surface area (TPSA) is 35.5 Å². The number of benzene rings is 1. The molecular formula is C9H6Cl2F2O3. The predicted octanol–water partition coefficient (Wildman–Crippen LogP) is 3.14. The quantitative estimate of drug-likeness (QED) is 0.792. The average molecular weight is 271 g/mol. The molecule has 0 fully saturated rings. The maximum absolute atomic E-state index is 13.0. The minimum absolute atomic E-state index is 0.114. The number of hydrogen-bond acceptors (Lipinski definition) is 3. The van der Waals surface area contributed by atoms with Gasteiger partial charge in [-0.2, -0.15) is 8.78 Å². The smallest absolute Gasteiger partial charge is 0.462 e. The first-order chi connectivity index (χ1) is 7.35. The summed E-state index contributed by atoms with van der Waals surface area (Å²) in [6.45, 7) is 0. The third-order valence-electron chi connectivity index (χ3n) is 1.51. The van der Waals surface area contributed by atoms with Gasteiger partial charge in [-0.1, -0.05) is 23.2 Å². The van der Waals surface area contributed by atoms with Crippen LogP contribution in [0.3, 0.4) is 0 Å². The molecule has 0 aliphatic heterocycles. The Morgan fingerprint density at radius 1 is 1.25 bits per heavy atom. The summed E-state index contributed by atoms with van der Waals surface area (Å²) in [4.78, 5) is 10.6. The van der Waals surface area contributed by atoms with Crippen LogP contribution >= 0.6 is 23.2 Å². The summed E-state index contributed by atoms with van der Waals surface area (Å²) in [6, 6.07) is 3.54. The van der Waals surface area contributed by atoms with Crippen LogP contribution in [-0.2, 0) is 9.53 Å². The van der Waals surface area contributed by atoms with E-state index in [-0.39, 0.29) is 15.8 Å². The minimum Gasteiger partial charge on any atom is -0.462 e. The van der Waals surface area contributed by atoms with E-state index in [1.807, 2.05) is 0 Å². The second-order valence-corrected chi connectivity index (χ2v) is 3.59. The Morgan fingerprint density at radius 3 is 2.19 bits per heavy atom. The molecule has 1 aromatic rings. The van der Waals surface area contributed by atoms with Gasteiger partial charge in [0.1, 0.15) is 5.75 Å². The molecule has 0 saturated heterocycles. The standard InChI is InChI=1S/C9H6Cl2F2O3/c1-15-8(14)9(12,13)16-7-3-5(10)2-6(11)4-7/h2-4H,1H3. The Kier molecular flexibility index (Phi) is 3.93. The van der Waals surface area contributed by atoms with Crippen LogP contribution in [0.1, 0.15) is 0 Å². The summed E-state index contributed by atoms with van der Waals surface area (Å²) in [5.74, 6) is -2.13. The molecule has 0 radical (unpaired) electrons.